The largest absolute Gasteiger partial charge is 0.434 e. The summed E-state index contributed by atoms with van der Waals surface area (Å²) in [6.07, 6.45) is 2.50. The van der Waals surface area contributed by atoms with E-state index in [1.54, 1.807) is 0 Å². The van der Waals surface area contributed by atoms with E-state index in [1.807, 2.05) is 6.07 Å². The molecule has 4 aromatic heterocycles. The smallest absolute Gasteiger partial charge is 0.320 e. The Hall–Kier alpha value is -5.06. The van der Waals surface area contributed by atoms with Crippen molar-refractivity contribution in [3.05, 3.63) is 72.1 Å². The number of aryl methyl sites for hydroxylation is 1. The summed E-state index contributed by atoms with van der Waals surface area (Å²) in [4.78, 5) is 18.0. The topological polar surface area (TPSA) is 132 Å². The fraction of sp³-hybridized carbons (Fsp3) is 0.0952. The van der Waals surface area contributed by atoms with Crippen molar-refractivity contribution in [1.29, 1.82) is 5.26 Å². The predicted octanol–water partition coefficient (Wildman–Crippen LogP) is 3.01. The Morgan fingerprint density at radius 2 is 1.86 bits per heavy atom. The van der Waals surface area contributed by atoms with Gasteiger partial charge in [-0.15, -0.1) is 4.80 Å². The minimum absolute atomic E-state index is 0.00759. The third-order valence-electron chi connectivity index (χ3n) is 4.84. The van der Waals surface area contributed by atoms with Crippen LogP contribution in [0, 0.1) is 11.3 Å². The number of hydrogen-bond donors (Lipinski definition) is 1. The van der Waals surface area contributed by atoms with E-state index < -0.39 is 23.3 Å². The van der Waals surface area contributed by atoms with Gasteiger partial charge in [0.1, 0.15) is 11.6 Å². The number of rotatable bonds is 6. The van der Waals surface area contributed by atoms with Crippen LogP contribution in [0.3, 0.4) is 0 Å². The molecule has 0 aromatic carbocycles. The van der Waals surface area contributed by atoms with Gasteiger partial charge in [-0.3, -0.25) is 9.48 Å². The molecule has 1 N–H and O–H groups in total. The fourth-order valence-corrected chi connectivity index (χ4v) is 3.37. The van der Waals surface area contributed by atoms with Crippen LogP contribution >= 0.6 is 0 Å². The van der Waals surface area contributed by atoms with E-state index in [0.29, 0.717) is 10.4 Å². The summed E-state index contributed by atoms with van der Waals surface area (Å²) in [5.41, 5.74) is -1.43. The molecule has 0 bridgehead atoms. The van der Waals surface area contributed by atoms with Gasteiger partial charge in [-0.05, 0) is 12.1 Å². The molecule has 4 aromatic rings. The first-order valence-electron chi connectivity index (χ1n) is 9.75. The molecule has 4 heterocycles. The standard InChI is InChI=1S/C21H15F3N10O/c1-4-14-16(5-2)32(3)31-19(14)33-17(21(22,23)24)15(11-29-33)20(35)30-13-8-12(9-25)18(26-10-13)34-27-6-7-28-34/h4-8,10-11H,1-2H2,3H3,(H,30,35). The van der Waals surface area contributed by atoms with Crippen molar-refractivity contribution >= 4 is 23.7 Å². The van der Waals surface area contributed by atoms with Crippen molar-refractivity contribution in [3.63, 3.8) is 0 Å². The number of amides is 1. The molecule has 0 unspecified atom stereocenters. The molecular weight excluding hydrogens is 465 g/mol. The molecule has 0 fully saturated rings. The van der Waals surface area contributed by atoms with Gasteiger partial charge in [-0.2, -0.15) is 38.8 Å². The van der Waals surface area contributed by atoms with Gasteiger partial charge in [-0.25, -0.2) is 9.67 Å². The molecule has 0 saturated carbocycles. The number of nitrogens with zero attached hydrogens (tertiary/aromatic N) is 9. The molecule has 11 nitrogen and oxygen atoms in total. The Morgan fingerprint density at radius 1 is 1.14 bits per heavy atom. The zero-order valence-corrected chi connectivity index (χ0v) is 18.0. The third kappa shape index (κ3) is 4.06. The van der Waals surface area contributed by atoms with E-state index >= 15 is 0 Å². The monoisotopic (exact) mass is 480 g/mol. The molecule has 0 atom stereocenters. The van der Waals surface area contributed by atoms with E-state index in [-0.39, 0.29) is 28.5 Å². The average molecular weight is 480 g/mol. The van der Waals surface area contributed by atoms with Crippen LogP contribution < -0.4 is 5.32 Å². The van der Waals surface area contributed by atoms with Gasteiger partial charge in [0.2, 0.25) is 0 Å². The van der Waals surface area contributed by atoms with Gasteiger partial charge in [0.25, 0.3) is 5.91 Å². The number of anilines is 1. The summed E-state index contributed by atoms with van der Waals surface area (Å²) in [6, 6.07) is 3.13. The molecule has 0 aliphatic rings. The molecular formula is C21H15F3N10O. The highest BCUT2D eigenvalue weighted by atomic mass is 19.4. The maximum absolute atomic E-state index is 14.1. The summed E-state index contributed by atoms with van der Waals surface area (Å²) >= 11 is 0. The number of nitriles is 1. The average Bonchev–Trinajstić information content (AvgIpc) is 3.56. The van der Waals surface area contributed by atoms with Crippen molar-refractivity contribution < 1.29 is 18.0 Å². The predicted molar refractivity (Wildman–Crippen MR) is 117 cm³/mol. The summed E-state index contributed by atoms with van der Waals surface area (Å²) in [5.74, 6) is -1.20. The molecule has 14 heteroatoms. The van der Waals surface area contributed by atoms with Crippen molar-refractivity contribution in [1.82, 2.24) is 39.5 Å². The molecule has 0 spiro atoms. The van der Waals surface area contributed by atoms with Gasteiger partial charge in [-0.1, -0.05) is 19.2 Å². The molecule has 0 aliphatic carbocycles. The van der Waals surface area contributed by atoms with Crippen molar-refractivity contribution in [2.45, 2.75) is 6.18 Å². The summed E-state index contributed by atoms with van der Waals surface area (Å²) in [5, 5.41) is 27.4. The summed E-state index contributed by atoms with van der Waals surface area (Å²) < 4.78 is 44.1. The highest BCUT2D eigenvalue weighted by Crippen LogP contribution is 2.35. The van der Waals surface area contributed by atoms with Crippen LogP contribution in [0.2, 0.25) is 0 Å². The van der Waals surface area contributed by atoms with Gasteiger partial charge in [0.05, 0.1) is 41.7 Å². The van der Waals surface area contributed by atoms with Gasteiger partial charge >= 0.3 is 6.18 Å². The Kier molecular flexibility index (Phi) is 5.75. The lowest BCUT2D eigenvalue weighted by atomic mass is 10.2. The van der Waals surface area contributed by atoms with Crippen LogP contribution in [-0.2, 0) is 13.2 Å². The van der Waals surface area contributed by atoms with Gasteiger partial charge in [0.15, 0.2) is 17.3 Å². The van der Waals surface area contributed by atoms with Crippen molar-refractivity contribution in [2.24, 2.45) is 7.05 Å². The number of aromatic nitrogens is 8. The van der Waals surface area contributed by atoms with Crippen LogP contribution in [0.5, 0.6) is 0 Å². The molecule has 4 rings (SSSR count). The SMILES string of the molecule is C=Cc1c(-n2ncc(C(=O)Nc3cnc(-n4nccn4)c(C#N)c3)c2C(F)(F)F)nn(C)c1C=C. The minimum atomic E-state index is -4.96. The Morgan fingerprint density at radius 3 is 2.46 bits per heavy atom. The second-order valence-corrected chi connectivity index (χ2v) is 6.95. The van der Waals surface area contributed by atoms with Gasteiger partial charge in [0, 0.05) is 12.6 Å². The summed E-state index contributed by atoms with van der Waals surface area (Å²) in [7, 11) is 1.53. The summed E-state index contributed by atoms with van der Waals surface area (Å²) in [6.45, 7) is 7.26. The Labute approximate surface area is 195 Å². The van der Waals surface area contributed by atoms with E-state index in [0.717, 1.165) is 11.0 Å². The minimum Gasteiger partial charge on any atom is -0.320 e. The number of carbonyl (C=O) groups excluding carboxylic acids is 1. The first kappa shape index (κ1) is 23.1. The quantitative estimate of drug-likeness (QED) is 0.449. The Bertz CT molecular complexity index is 1490. The maximum atomic E-state index is 14.1. The lowest BCUT2D eigenvalue weighted by molar-refractivity contribution is -0.143. The number of alkyl halides is 3. The zero-order chi connectivity index (χ0) is 25.3. The molecule has 0 saturated heterocycles. The van der Waals surface area contributed by atoms with E-state index in [1.165, 1.54) is 48.5 Å². The van der Waals surface area contributed by atoms with Gasteiger partial charge < -0.3 is 5.32 Å². The third-order valence-corrected chi connectivity index (χ3v) is 4.84. The van der Waals surface area contributed by atoms with Crippen molar-refractivity contribution in [2.75, 3.05) is 5.32 Å². The normalized spacial score (nSPS) is 11.2. The molecule has 0 aliphatic heterocycles. The maximum Gasteiger partial charge on any atom is 0.434 e. The first-order chi connectivity index (χ1) is 16.7. The van der Waals surface area contributed by atoms with Crippen LogP contribution in [0.15, 0.2) is 44.0 Å². The fourth-order valence-electron chi connectivity index (χ4n) is 3.37. The van der Waals surface area contributed by atoms with Crippen LogP contribution in [0.4, 0.5) is 18.9 Å². The molecule has 0 radical (unpaired) electrons. The van der Waals surface area contributed by atoms with E-state index in [2.05, 4.69) is 43.9 Å². The number of halogens is 3. The van der Waals surface area contributed by atoms with E-state index in [9.17, 15) is 23.2 Å². The lowest BCUT2D eigenvalue weighted by Gasteiger charge is -2.12. The lowest BCUT2D eigenvalue weighted by Crippen LogP contribution is -2.21. The molecule has 176 valence electrons. The second kappa shape index (κ2) is 8.71. The highest BCUT2D eigenvalue weighted by molar-refractivity contribution is 6.05. The number of pyridine rings is 1. The second-order valence-electron chi connectivity index (χ2n) is 6.95. The number of nitrogens with one attached hydrogen (secondary N) is 1. The van der Waals surface area contributed by atoms with Crippen molar-refractivity contribution in [3.8, 4) is 17.7 Å². The van der Waals surface area contributed by atoms with Crippen LogP contribution in [0.25, 0.3) is 23.8 Å². The molecule has 1 amide bonds. The highest BCUT2D eigenvalue weighted by Gasteiger charge is 2.41. The van der Waals surface area contributed by atoms with E-state index in [4.69, 9.17) is 0 Å². The van der Waals surface area contributed by atoms with Crippen LogP contribution in [0.1, 0.15) is 32.9 Å². The molecule has 35 heavy (non-hydrogen) atoms. The first-order valence-corrected chi connectivity index (χ1v) is 9.75. The number of carbonyl (C=O) groups is 1. The number of hydrogen-bond acceptors (Lipinski definition) is 7. The van der Waals surface area contributed by atoms with Crippen LogP contribution in [-0.4, -0.2) is 45.4 Å². The zero-order valence-electron chi connectivity index (χ0n) is 18.0. The Balaban J connectivity index is 1.75.